The molecule has 0 aromatic carbocycles. The Kier molecular flexibility index (Phi) is 6.72. The van der Waals surface area contributed by atoms with E-state index in [1.165, 1.54) is 0 Å². The van der Waals surface area contributed by atoms with E-state index in [1.807, 2.05) is 27.7 Å². The second kappa shape index (κ2) is 7.22. The zero-order valence-electron chi connectivity index (χ0n) is 10.4. The zero-order chi connectivity index (χ0) is 12.7. The number of amides is 1. The molecule has 0 aliphatic rings. The number of hydrogen-bond donors (Lipinski definition) is 1. The Bertz CT molecular complexity index is 238. The minimum absolute atomic E-state index is 0.100. The summed E-state index contributed by atoms with van der Waals surface area (Å²) < 4.78 is 4.78. The maximum Gasteiger partial charge on any atom is 0.329 e. The molecule has 0 spiro atoms. The third kappa shape index (κ3) is 6.40. The second-order valence-corrected chi connectivity index (χ2v) is 4.42. The highest BCUT2D eigenvalue weighted by molar-refractivity contribution is 5.78. The van der Waals surface area contributed by atoms with Gasteiger partial charge < -0.3 is 14.7 Å². The molecule has 0 saturated heterocycles. The van der Waals surface area contributed by atoms with Crippen LogP contribution in [0.4, 0.5) is 0 Å². The van der Waals surface area contributed by atoms with Crippen LogP contribution in [0.25, 0.3) is 0 Å². The molecule has 0 saturated carbocycles. The van der Waals surface area contributed by atoms with Gasteiger partial charge in [0, 0.05) is 12.6 Å². The molecule has 5 nitrogen and oxygen atoms in total. The summed E-state index contributed by atoms with van der Waals surface area (Å²) in [4.78, 5) is 23.6. The molecule has 0 atom stereocenters. The number of aliphatic carboxylic acids is 1. The molecular formula is C11H21NO4. The Morgan fingerprint density at radius 1 is 1.19 bits per heavy atom. The molecule has 0 fully saturated rings. The molecule has 1 amide bonds. The second-order valence-electron chi connectivity index (χ2n) is 4.42. The van der Waals surface area contributed by atoms with Crippen LogP contribution < -0.4 is 0 Å². The van der Waals surface area contributed by atoms with E-state index >= 15 is 0 Å². The molecule has 94 valence electrons. The highest BCUT2D eigenvalue weighted by atomic mass is 16.5. The maximum atomic E-state index is 11.7. The maximum absolute atomic E-state index is 11.7. The van der Waals surface area contributed by atoms with E-state index in [1.54, 1.807) is 4.90 Å². The summed E-state index contributed by atoms with van der Waals surface area (Å²) in [5, 5.41) is 8.37. The Morgan fingerprint density at radius 3 is 2.12 bits per heavy atom. The van der Waals surface area contributed by atoms with Gasteiger partial charge in [-0.05, 0) is 19.8 Å². The number of ether oxygens (including phenoxy) is 1. The molecule has 16 heavy (non-hydrogen) atoms. The standard InChI is InChI=1S/C11H21NO4/c1-8(2)5-12(9(3)4)10(13)6-16-7-11(14)15/h8-9H,5-7H2,1-4H3,(H,14,15). The van der Waals surface area contributed by atoms with Crippen LogP contribution in [0.3, 0.4) is 0 Å². The molecule has 0 unspecified atom stereocenters. The topological polar surface area (TPSA) is 66.8 Å². The van der Waals surface area contributed by atoms with Crippen molar-refractivity contribution in [2.45, 2.75) is 33.7 Å². The molecule has 5 heteroatoms. The molecule has 0 radical (unpaired) electrons. The average Bonchev–Trinajstić information content (AvgIpc) is 2.12. The Morgan fingerprint density at radius 2 is 1.75 bits per heavy atom. The lowest BCUT2D eigenvalue weighted by Crippen LogP contribution is -2.41. The van der Waals surface area contributed by atoms with Crippen molar-refractivity contribution in [3.63, 3.8) is 0 Å². The van der Waals surface area contributed by atoms with Crippen molar-refractivity contribution in [3.8, 4) is 0 Å². The highest BCUT2D eigenvalue weighted by Gasteiger charge is 2.18. The smallest absolute Gasteiger partial charge is 0.329 e. The van der Waals surface area contributed by atoms with Crippen molar-refractivity contribution in [1.82, 2.24) is 4.90 Å². The van der Waals surface area contributed by atoms with Crippen LogP contribution in [-0.2, 0) is 14.3 Å². The molecule has 0 aromatic rings. The van der Waals surface area contributed by atoms with Gasteiger partial charge in [0.05, 0.1) is 0 Å². The minimum Gasteiger partial charge on any atom is -0.480 e. The first-order chi connectivity index (χ1) is 7.34. The van der Waals surface area contributed by atoms with Gasteiger partial charge in [0.2, 0.25) is 5.91 Å². The fourth-order valence-electron chi connectivity index (χ4n) is 1.30. The molecule has 0 bridgehead atoms. The van der Waals surface area contributed by atoms with Gasteiger partial charge in [-0.3, -0.25) is 4.79 Å². The van der Waals surface area contributed by atoms with Gasteiger partial charge in [-0.2, -0.15) is 0 Å². The van der Waals surface area contributed by atoms with Crippen LogP contribution in [0.1, 0.15) is 27.7 Å². The minimum atomic E-state index is -1.06. The Hall–Kier alpha value is -1.10. The van der Waals surface area contributed by atoms with E-state index < -0.39 is 12.6 Å². The lowest BCUT2D eigenvalue weighted by atomic mass is 10.2. The molecular weight excluding hydrogens is 210 g/mol. The van der Waals surface area contributed by atoms with E-state index in [0.29, 0.717) is 12.5 Å². The first-order valence-corrected chi connectivity index (χ1v) is 5.43. The van der Waals surface area contributed by atoms with Crippen LogP contribution in [-0.4, -0.2) is 47.7 Å². The molecule has 0 rings (SSSR count). The van der Waals surface area contributed by atoms with Crippen molar-refractivity contribution in [3.05, 3.63) is 0 Å². The monoisotopic (exact) mass is 231 g/mol. The lowest BCUT2D eigenvalue weighted by molar-refractivity contribution is -0.146. The quantitative estimate of drug-likeness (QED) is 0.709. The van der Waals surface area contributed by atoms with E-state index in [2.05, 4.69) is 0 Å². The van der Waals surface area contributed by atoms with E-state index in [-0.39, 0.29) is 18.6 Å². The molecule has 0 aliphatic heterocycles. The predicted octanol–water partition coefficient (Wildman–Crippen LogP) is 0.981. The Balaban J connectivity index is 4.12. The Labute approximate surface area is 96.4 Å². The number of nitrogens with zero attached hydrogens (tertiary/aromatic N) is 1. The number of carbonyl (C=O) groups is 2. The van der Waals surface area contributed by atoms with Gasteiger partial charge in [0.1, 0.15) is 13.2 Å². The fourth-order valence-corrected chi connectivity index (χ4v) is 1.30. The lowest BCUT2D eigenvalue weighted by Gasteiger charge is -2.28. The van der Waals surface area contributed by atoms with Gasteiger partial charge in [0.25, 0.3) is 0 Å². The molecule has 1 N–H and O–H groups in total. The zero-order valence-corrected chi connectivity index (χ0v) is 10.4. The van der Waals surface area contributed by atoms with Gasteiger partial charge in [0.15, 0.2) is 0 Å². The average molecular weight is 231 g/mol. The van der Waals surface area contributed by atoms with Crippen LogP contribution in [0.2, 0.25) is 0 Å². The summed E-state index contributed by atoms with van der Waals surface area (Å²) in [7, 11) is 0. The summed E-state index contributed by atoms with van der Waals surface area (Å²) in [6.07, 6.45) is 0. The van der Waals surface area contributed by atoms with Gasteiger partial charge in [-0.25, -0.2) is 4.79 Å². The normalized spacial score (nSPS) is 10.9. The number of carboxylic acid groups (broad SMARTS) is 1. The summed E-state index contributed by atoms with van der Waals surface area (Å²) in [6, 6.07) is 0.100. The van der Waals surface area contributed by atoms with Gasteiger partial charge >= 0.3 is 5.97 Å². The summed E-state index contributed by atoms with van der Waals surface area (Å²) in [5.41, 5.74) is 0. The van der Waals surface area contributed by atoms with Crippen LogP contribution in [0.5, 0.6) is 0 Å². The van der Waals surface area contributed by atoms with Gasteiger partial charge in [-0.15, -0.1) is 0 Å². The number of hydrogen-bond acceptors (Lipinski definition) is 3. The summed E-state index contributed by atoms with van der Waals surface area (Å²) in [6.45, 7) is 7.97. The van der Waals surface area contributed by atoms with E-state index in [0.717, 1.165) is 0 Å². The number of carbonyl (C=O) groups excluding carboxylic acids is 1. The third-order valence-corrected chi connectivity index (χ3v) is 1.96. The van der Waals surface area contributed by atoms with Gasteiger partial charge in [-0.1, -0.05) is 13.8 Å². The summed E-state index contributed by atoms with van der Waals surface area (Å²) >= 11 is 0. The first-order valence-electron chi connectivity index (χ1n) is 5.43. The van der Waals surface area contributed by atoms with Crippen molar-refractivity contribution in [2.75, 3.05) is 19.8 Å². The van der Waals surface area contributed by atoms with Crippen LogP contribution in [0, 0.1) is 5.92 Å². The van der Waals surface area contributed by atoms with Crippen LogP contribution in [0.15, 0.2) is 0 Å². The number of rotatable bonds is 7. The number of carboxylic acids is 1. The highest BCUT2D eigenvalue weighted by Crippen LogP contribution is 2.04. The fraction of sp³-hybridized carbons (Fsp3) is 0.818. The van der Waals surface area contributed by atoms with Crippen LogP contribution >= 0.6 is 0 Å². The summed E-state index contributed by atoms with van der Waals surface area (Å²) in [5.74, 6) is -0.844. The van der Waals surface area contributed by atoms with Crippen molar-refractivity contribution in [1.29, 1.82) is 0 Å². The first kappa shape index (κ1) is 14.9. The van der Waals surface area contributed by atoms with Crippen molar-refractivity contribution < 1.29 is 19.4 Å². The molecule has 0 aromatic heterocycles. The van der Waals surface area contributed by atoms with Crippen molar-refractivity contribution >= 4 is 11.9 Å². The molecule has 0 aliphatic carbocycles. The molecule has 0 heterocycles. The largest absolute Gasteiger partial charge is 0.480 e. The van der Waals surface area contributed by atoms with Crippen molar-refractivity contribution in [2.24, 2.45) is 5.92 Å². The SMILES string of the molecule is CC(C)CN(C(=O)COCC(=O)O)C(C)C. The third-order valence-electron chi connectivity index (χ3n) is 1.96. The van der Waals surface area contributed by atoms with E-state index in [4.69, 9.17) is 9.84 Å². The van der Waals surface area contributed by atoms with E-state index in [9.17, 15) is 9.59 Å². The predicted molar refractivity (Wildman–Crippen MR) is 60.1 cm³/mol.